The Morgan fingerprint density at radius 3 is 2.79 bits per heavy atom. The van der Waals surface area contributed by atoms with Crippen LogP contribution >= 0.6 is 0 Å². The first-order valence-electron chi connectivity index (χ1n) is 9.15. The molecule has 0 radical (unpaired) electrons. The van der Waals surface area contributed by atoms with E-state index in [1.807, 2.05) is 6.08 Å². The quantitative estimate of drug-likeness (QED) is 0.736. The number of carboxylic acid groups (broad SMARTS) is 1. The summed E-state index contributed by atoms with van der Waals surface area (Å²) in [7, 11) is 0. The van der Waals surface area contributed by atoms with E-state index in [1.165, 1.54) is 11.1 Å². The van der Waals surface area contributed by atoms with Crippen LogP contribution in [0.4, 0.5) is 0 Å². The standard InChI is InChI=1S/C21H26O3/c1-12-10-17-15-5-4-13-11-14(22)6-8-20(13,2)16(15)7-9-21(17,3)18(12)19(23)24/h6-8,11-12,15,17-18H,4-5,9-10H2,1-3H3,(H,23,24)/t12-,15-,17+,18-,20+,21+/m1/s1. The molecule has 0 unspecified atom stereocenters. The SMILES string of the molecule is C[C@@H]1C[C@H]2[C@@H]3CCC4=CC(=O)C=C[C@]4(C)C3=CC[C@]2(C)[C@H]1C(=O)O. The van der Waals surface area contributed by atoms with Crippen LogP contribution < -0.4 is 0 Å². The Hall–Kier alpha value is -1.64. The van der Waals surface area contributed by atoms with Gasteiger partial charge in [0.1, 0.15) is 0 Å². The molecule has 0 saturated heterocycles. The maximum absolute atomic E-state index is 11.9. The van der Waals surface area contributed by atoms with Crippen LogP contribution in [0.3, 0.4) is 0 Å². The summed E-state index contributed by atoms with van der Waals surface area (Å²) in [5, 5.41) is 9.77. The Bertz CT molecular complexity index is 713. The molecule has 0 spiro atoms. The molecule has 128 valence electrons. The van der Waals surface area contributed by atoms with Crippen LogP contribution in [0.15, 0.2) is 35.5 Å². The summed E-state index contributed by atoms with van der Waals surface area (Å²) < 4.78 is 0. The zero-order valence-corrected chi connectivity index (χ0v) is 14.7. The fraction of sp³-hybridized carbons (Fsp3) is 0.619. The van der Waals surface area contributed by atoms with Crippen molar-refractivity contribution in [2.24, 2.45) is 34.5 Å². The van der Waals surface area contributed by atoms with Crippen molar-refractivity contribution in [3.8, 4) is 0 Å². The number of ketones is 1. The number of fused-ring (bicyclic) bond motifs is 5. The summed E-state index contributed by atoms with van der Waals surface area (Å²) in [5.74, 6) is 0.360. The summed E-state index contributed by atoms with van der Waals surface area (Å²) in [5.41, 5.74) is 2.40. The average Bonchev–Trinajstić information content (AvgIpc) is 2.78. The summed E-state index contributed by atoms with van der Waals surface area (Å²) in [6.45, 7) is 6.54. The van der Waals surface area contributed by atoms with Crippen LogP contribution in [0.25, 0.3) is 0 Å². The van der Waals surface area contributed by atoms with Gasteiger partial charge < -0.3 is 5.11 Å². The van der Waals surface area contributed by atoms with Crippen molar-refractivity contribution < 1.29 is 14.7 Å². The van der Waals surface area contributed by atoms with E-state index in [2.05, 4.69) is 32.9 Å². The number of carbonyl (C=O) groups excluding carboxylic acids is 1. The largest absolute Gasteiger partial charge is 0.481 e. The van der Waals surface area contributed by atoms with E-state index < -0.39 is 5.97 Å². The number of carboxylic acids is 1. The minimum Gasteiger partial charge on any atom is -0.481 e. The van der Waals surface area contributed by atoms with Gasteiger partial charge in [-0.25, -0.2) is 0 Å². The Kier molecular flexibility index (Phi) is 3.26. The molecule has 1 N–H and O–H groups in total. The third kappa shape index (κ3) is 1.90. The third-order valence-electron chi connectivity index (χ3n) is 7.55. The molecule has 24 heavy (non-hydrogen) atoms. The van der Waals surface area contributed by atoms with Crippen LogP contribution in [0, 0.1) is 34.5 Å². The van der Waals surface area contributed by atoms with Crippen molar-refractivity contribution in [2.45, 2.75) is 46.5 Å². The van der Waals surface area contributed by atoms with E-state index in [4.69, 9.17) is 0 Å². The van der Waals surface area contributed by atoms with Gasteiger partial charge in [-0.2, -0.15) is 0 Å². The molecule has 4 rings (SSSR count). The van der Waals surface area contributed by atoms with Gasteiger partial charge in [0.25, 0.3) is 0 Å². The van der Waals surface area contributed by atoms with Gasteiger partial charge in [0.05, 0.1) is 5.92 Å². The lowest BCUT2D eigenvalue weighted by atomic mass is 9.52. The van der Waals surface area contributed by atoms with Crippen molar-refractivity contribution in [1.82, 2.24) is 0 Å². The Morgan fingerprint density at radius 2 is 2.08 bits per heavy atom. The van der Waals surface area contributed by atoms with E-state index in [9.17, 15) is 14.7 Å². The van der Waals surface area contributed by atoms with Crippen LogP contribution in [-0.4, -0.2) is 16.9 Å². The molecule has 0 heterocycles. The maximum atomic E-state index is 11.9. The van der Waals surface area contributed by atoms with Gasteiger partial charge in [-0.3, -0.25) is 9.59 Å². The molecule has 4 aliphatic rings. The van der Waals surface area contributed by atoms with Gasteiger partial charge in [-0.15, -0.1) is 0 Å². The van der Waals surface area contributed by atoms with Gasteiger partial charge in [-0.05, 0) is 67.9 Å². The molecule has 0 aromatic heterocycles. The fourth-order valence-corrected chi connectivity index (χ4v) is 6.42. The average molecular weight is 326 g/mol. The summed E-state index contributed by atoms with van der Waals surface area (Å²) in [6, 6.07) is 0. The molecule has 2 saturated carbocycles. The van der Waals surface area contributed by atoms with Crippen LogP contribution in [0.5, 0.6) is 0 Å². The predicted octanol–water partition coefficient (Wildman–Crippen LogP) is 4.16. The van der Waals surface area contributed by atoms with Crippen molar-refractivity contribution >= 4 is 11.8 Å². The van der Waals surface area contributed by atoms with E-state index in [0.717, 1.165) is 25.7 Å². The number of rotatable bonds is 1. The number of hydrogen-bond donors (Lipinski definition) is 1. The number of aliphatic carboxylic acids is 1. The highest BCUT2D eigenvalue weighted by Gasteiger charge is 2.59. The van der Waals surface area contributed by atoms with Crippen molar-refractivity contribution in [2.75, 3.05) is 0 Å². The minimum atomic E-state index is -0.630. The van der Waals surface area contributed by atoms with E-state index in [0.29, 0.717) is 11.8 Å². The van der Waals surface area contributed by atoms with E-state index in [1.54, 1.807) is 6.08 Å². The summed E-state index contributed by atoms with van der Waals surface area (Å²) >= 11 is 0. The van der Waals surface area contributed by atoms with Gasteiger partial charge in [-0.1, -0.05) is 37.1 Å². The summed E-state index contributed by atoms with van der Waals surface area (Å²) in [4.78, 5) is 23.6. The molecule has 0 amide bonds. The van der Waals surface area contributed by atoms with Crippen LogP contribution in [0.1, 0.15) is 46.5 Å². The van der Waals surface area contributed by atoms with Gasteiger partial charge in [0.2, 0.25) is 0 Å². The van der Waals surface area contributed by atoms with Gasteiger partial charge >= 0.3 is 5.97 Å². The Labute approximate surface area is 143 Å². The first kappa shape index (κ1) is 15.9. The first-order valence-corrected chi connectivity index (χ1v) is 9.15. The zero-order valence-electron chi connectivity index (χ0n) is 14.7. The normalized spacial score (nSPS) is 46.5. The highest BCUT2D eigenvalue weighted by Crippen LogP contribution is 2.65. The molecule has 4 aliphatic carbocycles. The second-order valence-corrected chi connectivity index (χ2v) is 8.76. The molecular formula is C21H26O3. The highest BCUT2D eigenvalue weighted by atomic mass is 16.4. The highest BCUT2D eigenvalue weighted by molar-refractivity contribution is 6.01. The molecule has 3 nitrogen and oxygen atoms in total. The van der Waals surface area contributed by atoms with Gasteiger partial charge in [0, 0.05) is 5.41 Å². The minimum absolute atomic E-state index is 0.0996. The third-order valence-corrected chi connectivity index (χ3v) is 7.55. The Morgan fingerprint density at radius 1 is 1.33 bits per heavy atom. The number of hydrogen-bond acceptors (Lipinski definition) is 2. The van der Waals surface area contributed by atoms with Crippen molar-refractivity contribution in [3.05, 3.63) is 35.5 Å². The smallest absolute Gasteiger partial charge is 0.307 e. The monoisotopic (exact) mass is 326 g/mol. The molecule has 3 heteroatoms. The Balaban J connectivity index is 1.77. The molecule has 0 aromatic rings. The molecule has 0 aliphatic heterocycles. The van der Waals surface area contributed by atoms with E-state index in [-0.39, 0.29) is 28.4 Å². The van der Waals surface area contributed by atoms with Gasteiger partial charge in [0.15, 0.2) is 5.78 Å². The predicted molar refractivity (Wildman–Crippen MR) is 92.3 cm³/mol. The molecular weight excluding hydrogens is 300 g/mol. The number of allylic oxidation sites excluding steroid dienone is 6. The molecule has 6 atom stereocenters. The second kappa shape index (κ2) is 4.93. The first-order chi connectivity index (χ1) is 11.3. The van der Waals surface area contributed by atoms with E-state index >= 15 is 0 Å². The molecule has 0 bridgehead atoms. The van der Waals surface area contributed by atoms with Crippen LogP contribution in [0.2, 0.25) is 0 Å². The summed E-state index contributed by atoms with van der Waals surface area (Å²) in [6.07, 6.45) is 11.8. The van der Waals surface area contributed by atoms with Crippen LogP contribution in [-0.2, 0) is 9.59 Å². The molecule has 2 fully saturated rings. The lowest BCUT2D eigenvalue weighted by Gasteiger charge is -2.52. The lowest BCUT2D eigenvalue weighted by molar-refractivity contribution is -0.147. The van der Waals surface area contributed by atoms with Crippen molar-refractivity contribution in [1.29, 1.82) is 0 Å². The zero-order chi connectivity index (χ0) is 17.3. The fourth-order valence-electron chi connectivity index (χ4n) is 6.42. The maximum Gasteiger partial charge on any atom is 0.307 e. The van der Waals surface area contributed by atoms with Crippen molar-refractivity contribution in [3.63, 3.8) is 0 Å². The molecule has 0 aromatic carbocycles. The lowest BCUT2D eigenvalue weighted by Crippen LogP contribution is -2.45. The second-order valence-electron chi connectivity index (χ2n) is 8.76. The number of carbonyl (C=O) groups is 2. The topological polar surface area (TPSA) is 54.4 Å².